The molecule has 0 atom stereocenters. The molecule has 0 saturated carbocycles. The molecular weight excluding hydrogens is 345 g/mol. The van der Waals surface area contributed by atoms with E-state index >= 15 is 0 Å². The van der Waals surface area contributed by atoms with E-state index in [1.54, 1.807) is 0 Å². The van der Waals surface area contributed by atoms with Crippen molar-refractivity contribution in [1.82, 2.24) is 4.98 Å². The first-order chi connectivity index (χ1) is 9.54. The van der Waals surface area contributed by atoms with Crippen LogP contribution < -0.4 is 0 Å². The molecule has 0 aliphatic carbocycles. The molecular formula is C14H7BrFNO2S. The van der Waals surface area contributed by atoms with Gasteiger partial charge in [-0.2, -0.15) is 0 Å². The van der Waals surface area contributed by atoms with Crippen LogP contribution in [0.4, 0.5) is 4.39 Å². The van der Waals surface area contributed by atoms with Crippen molar-refractivity contribution in [3.05, 3.63) is 51.6 Å². The number of hydrogen-bond donors (Lipinski definition) is 1. The second-order valence-corrected chi connectivity index (χ2v) is 5.98. The van der Waals surface area contributed by atoms with Crippen LogP contribution in [-0.2, 0) is 0 Å². The van der Waals surface area contributed by atoms with Crippen LogP contribution in [0.25, 0.3) is 21.5 Å². The lowest BCUT2D eigenvalue weighted by molar-refractivity contribution is 0.0699. The molecule has 0 fully saturated rings. The molecule has 0 unspecified atom stereocenters. The zero-order chi connectivity index (χ0) is 14.3. The Morgan fingerprint density at radius 1 is 1.30 bits per heavy atom. The fraction of sp³-hybridized carbons (Fsp3) is 0. The van der Waals surface area contributed by atoms with Crippen molar-refractivity contribution in [2.75, 3.05) is 0 Å². The summed E-state index contributed by atoms with van der Waals surface area (Å²) in [6, 6.07) is 7.30. The summed E-state index contributed by atoms with van der Waals surface area (Å²) in [4.78, 5) is 16.6. The minimum Gasteiger partial charge on any atom is -0.478 e. The number of carbonyl (C=O) groups is 1. The van der Waals surface area contributed by atoms with Crippen molar-refractivity contribution in [1.29, 1.82) is 0 Å². The fourth-order valence-corrected chi connectivity index (χ4v) is 3.34. The van der Waals surface area contributed by atoms with E-state index in [4.69, 9.17) is 0 Å². The van der Waals surface area contributed by atoms with Crippen LogP contribution in [0.5, 0.6) is 0 Å². The molecule has 0 aliphatic heterocycles. The van der Waals surface area contributed by atoms with Crippen molar-refractivity contribution >= 4 is 44.1 Å². The largest absolute Gasteiger partial charge is 0.478 e. The van der Waals surface area contributed by atoms with Crippen LogP contribution in [0.3, 0.4) is 0 Å². The minimum absolute atomic E-state index is 0.0500. The van der Waals surface area contributed by atoms with Crippen LogP contribution in [0.2, 0.25) is 0 Å². The van der Waals surface area contributed by atoms with Gasteiger partial charge in [0.15, 0.2) is 0 Å². The number of hydrogen-bond acceptors (Lipinski definition) is 3. The number of carboxylic acids is 1. The molecule has 0 amide bonds. The summed E-state index contributed by atoms with van der Waals surface area (Å²) in [5, 5.41) is 11.5. The number of pyridine rings is 1. The van der Waals surface area contributed by atoms with E-state index in [1.165, 1.54) is 35.6 Å². The van der Waals surface area contributed by atoms with Gasteiger partial charge in [-0.1, -0.05) is 0 Å². The Morgan fingerprint density at radius 3 is 2.75 bits per heavy atom. The molecule has 0 radical (unpaired) electrons. The lowest BCUT2D eigenvalue weighted by Gasteiger charge is -2.05. The second-order valence-electron chi connectivity index (χ2n) is 4.15. The maximum Gasteiger partial charge on any atom is 0.336 e. The van der Waals surface area contributed by atoms with E-state index in [9.17, 15) is 14.3 Å². The van der Waals surface area contributed by atoms with Gasteiger partial charge in [-0.05, 0) is 46.3 Å². The van der Waals surface area contributed by atoms with Crippen LogP contribution in [0.15, 0.2) is 40.2 Å². The van der Waals surface area contributed by atoms with Gasteiger partial charge in [0, 0.05) is 15.2 Å². The van der Waals surface area contributed by atoms with Gasteiger partial charge in [-0.15, -0.1) is 11.3 Å². The summed E-state index contributed by atoms with van der Waals surface area (Å²) in [5.74, 6) is -1.58. The average Bonchev–Trinajstić information content (AvgIpc) is 2.84. The standard InChI is InChI=1S/C14H7BrFNO2S/c15-7-3-13(20-6-7)12-5-10(14(18)19)9-4-8(16)1-2-11(9)17-12/h1-6H,(H,18,19). The van der Waals surface area contributed by atoms with E-state index in [2.05, 4.69) is 20.9 Å². The first-order valence-electron chi connectivity index (χ1n) is 5.62. The molecule has 0 bridgehead atoms. The van der Waals surface area contributed by atoms with E-state index in [0.29, 0.717) is 16.6 Å². The van der Waals surface area contributed by atoms with Crippen LogP contribution in [-0.4, -0.2) is 16.1 Å². The molecule has 0 spiro atoms. The molecule has 6 heteroatoms. The maximum atomic E-state index is 13.3. The lowest BCUT2D eigenvalue weighted by atomic mass is 10.1. The molecule has 3 aromatic rings. The quantitative estimate of drug-likeness (QED) is 0.735. The molecule has 0 aliphatic rings. The Bertz CT molecular complexity index is 831. The van der Waals surface area contributed by atoms with E-state index in [0.717, 1.165) is 9.35 Å². The third-order valence-electron chi connectivity index (χ3n) is 2.82. The van der Waals surface area contributed by atoms with Crippen LogP contribution in [0, 0.1) is 5.82 Å². The highest BCUT2D eigenvalue weighted by molar-refractivity contribution is 9.10. The third-order valence-corrected chi connectivity index (χ3v) is 4.53. The number of aromatic carboxylic acids is 1. The summed E-state index contributed by atoms with van der Waals surface area (Å²) in [6.45, 7) is 0. The third kappa shape index (κ3) is 2.32. The predicted octanol–water partition coefficient (Wildman–Crippen LogP) is 4.56. The van der Waals surface area contributed by atoms with Crippen molar-refractivity contribution in [2.45, 2.75) is 0 Å². The predicted molar refractivity (Wildman–Crippen MR) is 79.7 cm³/mol. The Labute approximate surface area is 125 Å². The van der Waals surface area contributed by atoms with Crippen molar-refractivity contribution in [2.24, 2.45) is 0 Å². The number of aromatic nitrogens is 1. The zero-order valence-corrected chi connectivity index (χ0v) is 12.3. The molecule has 3 rings (SSSR count). The number of nitrogens with zero attached hydrogens (tertiary/aromatic N) is 1. The van der Waals surface area contributed by atoms with Crippen LogP contribution >= 0.6 is 27.3 Å². The average molecular weight is 352 g/mol. The van der Waals surface area contributed by atoms with Gasteiger partial charge < -0.3 is 5.11 Å². The van der Waals surface area contributed by atoms with Gasteiger partial charge in [0.25, 0.3) is 0 Å². The highest BCUT2D eigenvalue weighted by atomic mass is 79.9. The Morgan fingerprint density at radius 2 is 2.10 bits per heavy atom. The number of halogens is 2. The molecule has 20 heavy (non-hydrogen) atoms. The van der Waals surface area contributed by atoms with Gasteiger partial charge in [-0.3, -0.25) is 0 Å². The van der Waals surface area contributed by atoms with Gasteiger partial charge in [0.1, 0.15) is 5.82 Å². The second kappa shape index (κ2) is 4.96. The summed E-state index contributed by atoms with van der Waals surface area (Å²) >= 11 is 4.81. The van der Waals surface area contributed by atoms with Gasteiger partial charge in [0.2, 0.25) is 0 Å². The SMILES string of the molecule is O=C(O)c1cc(-c2cc(Br)cs2)nc2ccc(F)cc12. The summed E-state index contributed by atoms with van der Waals surface area (Å²) in [5.41, 5.74) is 1.08. The lowest BCUT2D eigenvalue weighted by Crippen LogP contribution is -2.00. The van der Waals surface area contributed by atoms with Crippen molar-refractivity contribution < 1.29 is 14.3 Å². The molecule has 3 nitrogen and oxygen atoms in total. The Balaban J connectivity index is 2.31. The number of rotatable bonds is 2. The first kappa shape index (κ1) is 13.2. The highest BCUT2D eigenvalue weighted by Crippen LogP contribution is 2.31. The molecule has 0 saturated heterocycles. The van der Waals surface area contributed by atoms with Crippen LogP contribution in [0.1, 0.15) is 10.4 Å². The first-order valence-corrected chi connectivity index (χ1v) is 7.30. The number of benzene rings is 1. The molecule has 2 heterocycles. The number of carboxylic acid groups (broad SMARTS) is 1. The highest BCUT2D eigenvalue weighted by Gasteiger charge is 2.14. The Kier molecular flexibility index (Phi) is 3.27. The smallest absolute Gasteiger partial charge is 0.336 e. The summed E-state index contributed by atoms with van der Waals surface area (Å²) in [6.07, 6.45) is 0. The van der Waals surface area contributed by atoms with Crippen molar-refractivity contribution in [3.63, 3.8) is 0 Å². The number of thiophene rings is 1. The molecule has 2 aromatic heterocycles. The zero-order valence-electron chi connectivity index (χ0n) is 9.93. The fourth-order valence-electron chi connectivity index (χ4n) is 1.95. The Hall–Kier alpha value is -1.79. The topological polar surface area (TPSA) is 50.2 Å². The maximum absolute atomic E-state index is 13.3. The van der Waals surface area contributed by atoms with Gasteiger partial charge in [0.05, 0.1) is 21.7 Å². The van der Waals surface area contributed by atoms with Crippen molar-refractivity contribution in [3.8, 4) is 10.6 Å². The van der Waals surface area contributed by atoms with E-state index in [-0.39, 0.29) is 5.56 Å². The molecule has 1 N–H and O–H groups in total. The van der Waals surface area contributed by atoms with E-state index < -0.39 is 11.8 Å². The van der Waals surface area contributed by atoms with E-state index in [1.807, 2.05) is 11.4 Å². The number of fused-ring (bicyclic) bond motifs is 1. The normalized spacial score (nSPS) is 10.9. The molecule has 100 valence electrons. The summed E-state index contributed by atoms with van der Waals surface area (Å²) in [7, 11) is 0. The van der Waals surface area contributed by atoms with Gasteiger partial charge >= 0.3 is 5.97 Å². The minimum atomic E-state index is -1.10. The molecule has 1 aromatic carbocycles. The monoisotopic (exact) mass is 351 g/mol. The van der Waals surface area contributed by atoms with Gasteiger partial charge in [-0.25, -0.2) is 14.2 Å². The summed E-state index contributed by atoms with van der Waals surface area (Å²) < 4.78 is 14.2.